The highest BCUT2D eigenvalue weighted by Crippen LogP contribution is 2.44. The molecule has 1 N–H and O–H groups in total. The van der Waals surface area contributed by atoms with Gasteiger partial charge in [0.15, 0.2) is 0 Å². The molecule has 1 aromatic carbocycles. The summed E-state index contributed by atoms with van der Waals surface area (Å²) in [5.41, 5.74) is -0.678. The lowest BCUT2D eigenvalue weighted by Gasteiger charge is -2.37. The molecule has 2 rings (SSSR count). The number of benzene rings is 1. The van der Waals surface area contributed by atoms with Crippen molar-refractivity contribution in [3.63, 3.8) is 0 Å². The zero-order valence-corrected chi connectivity index (χ0v) is 18.4. The zero-order valence-electron chi connectivity index (χ0n) is 16.0. The van der Waals surface area contributed by atoms with Crippen LogP contribution in [-0.4, -0.2) is 9.30 Å². The number of hydrogen-bond acceptors (Lipinski definition) is 3. The maximum absolute atomic E-state index is 14.7. The second-order valence-corrected chi connectivity index (χ2v) is 11.4. The predicted molar refractivity (Wildman–Crippen MR) is 108 cm³/mol. The number of halogens is 2. The van der Waals surface area contributed by atoms with Crippen LogP contribution in [0, 0.1) is 22.6 Å². The van der Waals surface area contributed by atoms with Gasteiger partial charge in [0.2, 0.25) is 0 Å². The van der Waals surface area contributed by atoms with Gasteiger partial charge < -0.3 is 4.55 Å². The molecule has 0 amide bonds. The van der Waals surface area contributed by atoms with E-state index in [1.165, 1.54) is 6.07 Å². The third-order valence-electron chi connectivity index (χ3n) is 5.30. The SMILES string of the molecule is CC(C)(C)[S+]([O-])N[C@@](C)(CCC1(C#N)CCCC1)c1cc(Br)ccc1F. The van der Waals surface area contributed by atoms with Crippen LogP contribution >= 0.6 is 15.9 Å². The van der Waals surface area contributed by atoms with Gasteiger partial charge in [0.25, 0.3) is 0 Å². The molecule has 0 aliphatic heterocycles. The molecule has 6 heteroatoms. The lowest BCUT2D eigenvalue weighted by atomic mass is 9.77. The topological polar surface area (TPSA) is 58.9 Å². The van der Waals surface area contributed by atoms with Gasteiger partial charge in [0, 0.05) is 21.4 Å². The zero-order chi connectivity index (χ0) is 19.6. The summed E-state index contributed by atoms with van der Waals surface area (Å²) in [7, 11) is 0. The van der Waals surface area contributed by atoms with Gasteiger partial charge in [-0.15, -0.1) is 4.72 Å². The minimum Gasteiger partial charge on any atom is -0.598 e. The van der Waals surface area contributed by atoms with Crippen molar-refractivity contribution >= 4 is 27.3 Å². The summed E-state index contributed by atoms with van der Waals surface area (Å²) in [6.45, 7) is 7.56. The number of rotatable bonds is 6. The lowest BCUT2D eigenvalue weighted by molar-refractivity contribution is 0.286. The first kappa shape index (κ1) is 21.7. The van der Waals surface area contributed by atoms with Crippen LogP contribution in [0.25, 0.3) is 0 Å². The van der Waals surface area contributed by atoms with Crippen molar-refractivity contribution < 1.29 is 8.94 Å². The predicted octanol–water partition coefficient (Wildman–Crippen LogP) is 5.72. The fourth-order valence-electron chi connectivity index (χ4n) is 3.48. The number of nitrogens with one attached hydrogen (secondary N) is 1. The van der Waals surface area contributed by atoms with Crippen molar-refractivity contribution in [1.29, 1.82) is 5.26 Å². The van der Waals surface area contributed by atoms with Crippen molar-refractivity contribution in [2.45, 2.75) is 76.5 Å². The first-order valence-corrected chi connectivity index (χ1v) is 11.0. The molecule has 0 heterocycles. The average molecular weight is 443 g/mol. The van der Waals surface area contributed by atoms with E-state index >= 15 is 0 Å². The molecule has 1 saturated carbocycles. The Hall–Kier alpha value is -0.610. The number of nitrogens with zero attached hydrogens (tertiary/aromatic N) is 1. The molecule has 0 aromatic heterocycles. The van der Waals surface area contributed by atoms with Gasteiger partial charge in [-0.1, -0.05) is 28.8 Å². The summed E-state index contributed by atoms with van der Waals surface area (Å²) in [6, 6.07) is 7.34. The van der Waals surface area contributed by atoms with Gasteiger partial charge in [0.1, 0.15) is 10.6 Å². The first-order valence-electron chi connectivity index (χ1n) is 9.08. The van der Waals surface area contributed by atoms with E-state index < -0.39 is 21.6 Å². The van der Waals surface area contributed by atoms with Gasteiger partial charge in [-0.3, -0.25) is 0 Å². The van der Waals surface area contributed by atoms with Crippen molar-refractivity contribution in [1.82, 2.24) is 4.72 Å². The van der Waals surface area contributed by atoms with E-state index in [0.717, 1.165) is 30.2 Å². The second-order valence-electron chi connectivity index (χ2n) is 8.54. The quantitative estimate of drug-likeness (QED) is 0.572. The third kappa shape index (κ3) is 5.01. The Labute approximate surface area is 168 Å². The van der Waals surface area contributed by atoms with Gasteiger partial charge in [-0.05, 0) is 71.6 Å². The van der Waals surface area contributed by atoms with Crippen LogP contribution in [0.5, 0.6) is 0 Å². The maximum atomic E-state index is 14.7. The molecule has 26 heavy (non-hydrogen) atoms. The summed E-state index contributed by atoms with van der Waals surface area (Å²) >= 11 is 2.06. The lowest BCUT2D eigenvalue weighted by Crippen LogP contribution is -2.50. The Morgan fingerprint density at radius 1 is 1.31 bits per heavy atom. The number of nitriles is 1. The van der Waals surface area contributed by atoms with Crippen LogP contribution in [-0.2, 0) is 16.9 Å². The molecule has 2 atom stereocenters. The van der Waals surface area contributed by atoms with Gasteiger partial charge >= 0.3 is 0 Å². The van der Waals surface area contributed by atoms with Crippen LogP contribution in [0.3, 0.4) is 0 Å². The largest absolute Gasteiger partial charge is 0.598 e. The smallest absolute Gasteiger partial charge is 0.136 e. The highest BCUT2D eigenvalue weighted by Gasteiger charge is 2.42. The molecule has 0 saturated heterocycles. The summed E-state index contributed by atoms with van der Waals surface area (Å²) in [6.07, 6.45) is 5.13. The Balaban J connectivity index is 2.35. The van der Waals surface area contributed by atoms with Crippen molar-refractivity contribution in [3.8, 4) is 6.07 Å². The molecule has 1 aromatic rings. The number of hydrogen-bond donors (Lipinski definition) is 1. The monoisotopic (exact) mass is 442 g/mol. The minimum atomic E-state index is -1.36. The van der Waals surface area contributed by atoms with E-state index in [0.29, 0.717) is 18.4 Å². The molecule has 1 aliphatic carbocycles. The summed E-state index contributed by atoms with van der Waals surface area (Å²) in [5, 5.41) is 9.68. The molecular formula is C20H28BrFN2OS. The Kier molecular flexibility index (Phi) is 6.82. The Morgan fingerprint density at radius 2 is 1.92 bits per heavy atom. The summed E-state index contributed by atoms with van der Waals surface area (Å²) in [4.78, 5) is 0. The fourth-order valence-corrected chi connectivity index (χ4v) is 4.77. The van der Waals surface area contributed by atoms with Crippen LogP contribution in [0.4, 0.5) is 4.39 Å². The van der Waals surface area contributed by atoms with Crippen molar-refractivity contribution in [2.24, 2.45) is 5.41 Å². The highest BCUT2D eigenvalue weighted by molar-refractivity contribution is 9.10. The van der Waals surface area contributed by atoms with E-state index in [9.17, 15) is 14.2 Å². The van der Waals surface area contributed by atoms with Gasteiger partial charge in [0.05, 0.1) is 17.0 Å². The molecule has 3 nitrogen and oxygen atoms in total. The first-order chi connectivity index (χ1) is 12.0. The van der Waals surface area contributed by atoms with E-state index in [1.54, 1.807) is 12.1 Å². The van der Waals surface area contributed by atoms with Crippen LogP contribution in [0.2, 0.25) is 0 Å². The van der Waals surface area contributed by atoms with Crippen molar-refractivity contribution in [3.05, 3.63) is 34.1 Å². The molecular weight excluding hydrogens is 415 g/mol. The molecule has 0 bridgehead atoms. The van der Waals surface area contributed by atoms with Crippen LogP contribution < -0.4 is 4.72 Å². The minimum absolute atomic E-state index is 0.327. The Morgan fingerprint density at radius 3 is 2.46 bits per heavy atom. The summed E-state index contributed by atoms with van der Waals surface area (Å²) in [5.74, 6) is -0.327. The normalized spacial score (nSPS) is 20.4. The van der Waals surface area contributed by atoms with Gasteiger partial charge in [-0.25, -0.2) is 4.39 Å². The van der Waals surface area contributed by atoms with Gasteiger partial charge in [-0.2, -0.15) is 5.26 Å². The van der Waals surface area contributed by atoms with Crippen LogP contribution in [0.15, 0.2) is 22.7 Å². The second kappa shape index (κ2) is 8.18. The van der Waals surface area contributed by atoms with Crippen LogP contribution in [0.1, 0.15) is 71.8 Å². The molecule has 0 radical (unpaired) electrons. The molecule has 1 unspecified atom stereocenters. The molecule has 1 fully saturated rings. The highest BCUT2D eigenvalue weighted by atomic mass is 79.9. The van der Waals surface area contributed by atoms with E-state index in [4.69, 9.17) is 0 Å². The Bertz CT molecular complexity index is 679. The maximum Gasteiger partial charge on any atom is 0.136 e. The standard InChI is InChI=1S/C20H28BrFN2OS/c1-18(2,3)26(25)24-19(4,16-13-15(21)7-8-17(16)22)11-12-20(14-23)9-5-6-10-20/h7-8,13,24H,5-6,9-12H2,1-4H3/t19-,26?/m0/s1. The molecule has 0 spiro atoms. The fraction of sp³-hybridized carbons (Fsp3) is 0.650. The third-order valence-corrected chi connectivity index (χ3v) is 7.54. The van der Waals surface area contributed by atoms with Crippen molar-refractivity contribution in [2.75, 3.05) is 0 Å². The average Bonchev–Trinajstić information content (AvgIpc) is 3.04. The van der Waals surface area contributed by atoms with E-state index in [2.05, 4.69) is 26.7 Å². The van der Waals surface area contributed by atoms with E-state index in [1.807, 2.05) is 27.7 Å². The molecule has 144 valence electrons. The van der Waals surface area contributed by atoms with E-state index in [-0.39, 0.29) is 11.2 Å². The molecule has 1 aliphatic rings. The summed E-state index contributed by atoms with van der Waals surface area (Å²) < 4.78 is 31.0.